The molecule has 0 heterocycles. The third-order valence-corrected chi connectivity index (χ3v) is 3.07. The lowest BCUT2D eigenvalue weighted by molar-refractivity contribution is 0.405. The van der Waals surface area contributed by atoms with Crippen LogP contribution in [0.5, 0.6) is 11.5 Å². The Bertz CT molecular complexity index is 614. The van der Waals surface area contributed by atoms with Crippen molar-refractivity contribution in [2.24, 2.45) is 0 Å². The Morgan fingerprint density at radius 3 is 2.28 bits per heavy atom. The van der Waals surface area contributed by atoms with Gasteiger partial charge in [0.2, 0.25) is 0 Å². The van der Waals surface area contributed by atoms with Gasteiger partial charge in [0.25, 0.3) is 0 Å². The van der Waals surface area contributed by atoms with Gasteiger partial charge in [-0.3, -0.25) is 0 Å². The predicted octanol–water partition coefficient (Wildman–Crippen LogP) is 4.23. The van der Waals surface area contributed by atoms with Gasteiger partial charge in [0.05, 0.1) is 15.2 Å². The summed E-state index contributed by atoms with van der Waals surface area (Å²) in [5, 5.41) is 8.59. The Kier molecular flexibility index (Phi) is 3.77. The molecule has 0 atom stereocenters. The summed E-state index contributed by atoms with van der Waals surface area (Å²) in [5.41, 5.74) is -0.0832. The molecule has 0 saturated heterocycles. The molecule has 0 aliphatic heterocycles. The van der Waals surface area contributed by atoms with Crippen LogP contribution in [0.4, 0.5) is 8.78 Å². The molecule has 2 aromatic carbocycles. The third-order valence-electron chi connectivity index (χ3n) is 2.18. The highest BCUT2D eigenvalue weighted by molar-refractivity contribution is 14.1. The average Bonchev–Trinajstić information content (AvgIpc) is 2.35. The molecule has 0 radical (unpaired) electrons. The Labute approximate surface area is 116 Å². The minimum Gasteiger partial charge on any atom is -0.450 e. The van der Waals surface area contributed by atoms with Gasteiger partial charge in [0.1, 0.15) is 5.75 Å². The summed E-state index contributed by atoms with van der Waals surface area (Å²) in [6.07, 6.45) is 0. The van der Waals surface area contributed by atoms with E-state index in [1.807, 2.05) is 22.6 Å². The quantitative estimate of drug-likeness (QED) is 0.754. The molecule has 2 rings (SSSR count). The molecule has 0 aromatic heterocycles. The Morgan fingerprint density at radius 2 is 1.72 bits per heavy atom. The van der Waals surface area contributed by atoms with Crippen LogP contribution in [0.15, 0.2) is 36.4 Å². The van der Waals surface area contributed by atoms with Crippen LogP contribution in [-0.4, -0.2) is 0 Å². The molecule has 18 heavy (non-hydrogen) atoms. The normalized spacial score (nSPS) is 9.89. The molecular weight excluding hydrogens is 351 g/mol. The highest BCUT2D eigenvalue weighted by Gasteiger charge is 2.14. The van der Waals surface area contributed by atoms with Gasteiger partial charge in [0.15, 0.2) is 17.4 Å². The molecule has 0 saturated carbocycles. The van der Waals surface area contributed by atoms with Gasteiger partial charge in [-0.15, -0.1) is 0 Å². The van der Waals surface area contributed by atoms with Crippen molar-refractivity contribution in [2.45, 2.75) is 0 Å². The van der Waals surface area contributed by atoms with E-state index in [1.165, 1.54) is 0 Å². The fourth-order valence-corrected chi connectivity index (χ4v) is 1.86. The number of rotatable bonds is 2. The highest BCUT2D eigenvalue weighted by atomic mass is 127. The second kappa shape index (κ2) is 5.31. The maximum atomic E-state index is 13.6. The molecule has 90 valence electrons. The number of hydrogen-bond donors (Lipinski definition) is 0. The zero-order valence-electron chi connectivity index (χ0n) is 8.95. The van der Waals surface area contributed by atoms with Crippen molar-refractivity contribution < 1.29 is 13.5 Å². The summed E-state index contributed by atoms with van der Waals surface area (Å²) in [6, 6.07) is 10.4. The van der Waals surface area contributed by atoms with E-state index in [0.29, 0.717) is 5.75 Å². The first-order chi connectivity index (χ1) is 8.61. The van der Waals surface area contributed by atoms with Crippen LogP contribution in [0.1, 0.15) is 5.56 Å². The van der Waals surface area contributed by atoms with Gasteiger partial charge in [-0.2, -0.15) is 5.26 Å². The van der Waals surface area contributed by atoms with Crippen LogP contribution in [0.3, 0.4) is 0 Å². The molecule has 0 unspecified atom stereocenters. The van der Waals surface area contributed by atoms with Gasteiger partial charge in [-0.25, -0.2) is 8.78 Å². The standard InChI is InChI=1S/C13H6F2INO/c14-9-5-8(7-17)6-10(15)13(9)18-12-4-2-1-3-11(12)16/h1-6H. The molecule has 0 aliphatic carbocycles. The molecule has 0 fully saturated rings. The molecule has 0 spiro atoms. The smallest absolute Gasteiger partial charge is 0.198 e. The van der Waals surface area contributed by atoms with E-state index >= 15 is 0 Å². The lowest BCUT2D eigenvalue weighted by atomic mass is 10.2. The molecule has 2 nitrogen and oxygen atoms in total. The van der Waals surface area contributed by atoms with E-state index in [4.69, 9.17) is 10.00 Å². The first-order valence-corrected chi connectivity index (χ1v) is 6.01. The van der Waals surface area contributed by atoms with E-state index in [-0.39, 0.29) is 5.56 Å². The summed E-state index contributed by atoms with van der Waals surface area (Å²) in [6.45, 7) is 0. The topological polar surface area (TPSA) is 33.0 Å². The van der Waals surface area contributed by atoms with E-state index in [1.54, 1.807) is 30.3 Å². The minimum absolute atomic E-state index is 0.0832. The van der Waals surface area contributed by atoms with Crippen LogP contribution in [0.2, 0.25) is 0 Å². The van der Waals surface area contributed by atoms with Gasteiger partial charge < -0.3 is 4.74 Å². The van der Waals surface area contributed by atoms with Crippen molar-refractivity contribution in [2.75, 3.05) is 0 Å². The summed E-state index contributed by atoms with van der Waals surface area (Å²) < 4.78 is 33.1. The number of halogens is 3. The number of para-hydroxylation sites is 1. The summed E-state index contributed by atoms with van der Waals surface area (Å²) in [5.74, 6) is -1.93. The highest BCUT2D eigenvalue weighted by Crippen LogP contribution is 2.31. The molecule has 0 amide bonds. The predicted molar refractivity (Wildman–Crippen MR) is 70.3 cm³/mol. The summed E-state index contributed by atoms with van der Waals surface area (Å²) >= 11 is 2.00. The molecule has 0 aliphatic rings. The third kappa shape index (κ3) is 2.59. The first-order valence-electron chi connectivity index (χ1n) is 4.93. The number of ether oxygens (including phenoxy) is 1. The molecular formula is C13H6F2INO. The van der Waals surface area contributed by atoms with Crippen molar-refractivity contribution in [3.05, 3.63) is 57.2 Å². The van der Waals surface area contributed by atoms with E-state index in [9.17, 15) is 8.78 Å². The monoisotopic (exact) mass is 357 g/mol. The Hall–Kier alpha value is -1.68. The zero-order valence-corrected chi connectivity index (χ0v) is 11.1. The maximum Gasteiger partial charge on any atom is 0.198 e. The largest absolute Gasteiger partial charge is 0.450 e. The SMILES string of the molecule is N#Cc1cc(F)c(Oc2ccccc2I)c(F)c1. The van der Waals surface area contributed by atoms with Crippen LogP contribution >= 0.6 is 22.6 Å². The van der Waals surface area contributed by atoms with Gasteiger partial charge in [-0.1, -0.05) is 12.1 Å². The van der Waals surface area contributed by atoms with Gasteiger partial charge in [-0.05, 0) is 46.9 Å². The Balaban J connectivity index is 2.42. The first kappa shape index (κ1) is 12.8. The van der Waals surface area contributed by atoms with E-state index < -0.39 is 17.4 Å². The lowest BCUT2D eigenvalue weighted by Gasteiger charge is -2.09. The van der Waals surface area contributed by atoms with E-state index in [2.05, 4.69) is 0 Å². The van der Waals surface area contributed by atoms with Crippen molar-refractivity contribution in [3.63, 3.8) is 0 Å². The molecule has 0 N–H and O–H groups in total. The molecule has 2 aromatic rings. The number of nitrogens with zero attached hydrogens (tertiary/aromatic N) is 1. The number of hydrogen-bond acceptors (Lipinski definition) is 2. The summed E-state index contributed by atoms with van der Waals surface area (Å²) in [4.78, 5) is 0. The maximum absolute atomic E-state index is 13.6. The van der Waals surface area contributed by atoms with Gasteiger partial charge in [0, 0.05) is 0 Å². The Morgan fingerprint density at radius 1 is 1.11 bits per heavy atom. The van der Waals surface area contributed by atoms with Gasteiger partial charge >= 0.3 is 0 Å². The van der Waals surface area contributed by atoms with Crippen LogP contribution < -0.4 is 4.74 Å². The van der Waals surface area contributed by atoms with Crippen molar-refractivity contribution >= 4 is 22.6 Å². The zero-order chi connectivity index (χ0) is 13.1. The molecule has 5 heteroatoms. The summed E-state index contributed by atoms with van der Waals surface area (Å²) in [7, 11) is 0. The fraction of sp³-hybridized carbons (Fsp3) is 0. The second-order valence-electron chi connectivity index (χ2n) is 3.41. The fourth-order valence-electron chi connectivity index (χ4n) is 1.36. The van der Waals surface area contributed by atoms with Crippen molar-refractivity contribution in [3.8, 4) is 17.6 Å². The van der Waals surface area contributed by atoms with Crippen molar-refractivity contribution in [1.82, 2.24) is 0 Å². The van der Waals surface area contributed by atoms with Crippen LogP contribution in [0, 0.1) is 26.5 Å². The van der Waals surface area contributed by atoms with Crippen LogP contribution in [-0.2, 0) is 0 Å². The molecule has 0 bridgehead atoms. The minimum atomic E-state index is -0.897. The lowest BCUT2D eigenvalue weighted by Crippen LogP contribution is -1.95. The average molecular weight is 357 g/mol. The number of benzene rings is 2. The second-order valence-corrected chi connectivity index (χ2v) is 4.58. The van der Waals surface area contributed by atoms with E-state index in [0.717, 1.165) is 15.7 Å². The number of nitriles is 1. The van der Waals surface area contributed by atoms with Crippen LogP contribution in [0.25, 0.3) is 0 Å². The van der Waals surface area contributed by atoms with Crippen molar-refractivity contribution in [1.29, 1.82) is 5.26 Å².